The van der Waals surface area contributed by atoms with Crippen LogP contribution in [-0.2, 0) is 25.7 Å². The highest BCUT2D eigenvalue weighted by atomic mass is 32.2. The lowest BCUT2D eigenvalue weighted by Gasteiger charge is -2.26. The van der Waals surface area contributed by atoms with E-state index in [1.807, 2.05) is 0 Å². The van der Waals surface area contributed by atoms with Gasteiger partial charge >= 0.3 is 5.97 Å². The van der Waals surface area contributed by atoms with Gasteiger partial charge in [0.25, 0.3) is 5.91 Å². The molecule has 0 aromatic carbocycles. The Morgan fingerprint density at radius 2 is 2.04 bits per heavy atom. The number of carbonyl (C=O) groups excluding carboxylic acids is 3. The Morgan fingerprint density at radius 3 is 2.67 bits per heavy atom. The van der Waals surface area contributed by atoms with Crippen molar-refractivity contribution in [3.63, 3.8) is 0 Å². The fraction of sp³-hybridized carbons (Fsp3) is 0.389. The van der Waals surface area contributed by atoms with Gasteiger partial charge in [0.05, 0.1) is 19.1 Å². The molecule has 9 heteroatoms. The molecule has 0 aliphatic carbocycles. The molecule has 3 rings (SSSR count). The Balaban J connectivity index is 1.59. The van der Waals surface area contributed by atoms with Crippen molar-refractivity contribution in [1.29, 1.82) is 0 Å². The Bertz CT molecular complexity index is 789. The number of thioether (sulfide) groups is 1. The van der Waals surface area contributed by atoms with Crippen molar-refractivity contribution in [2.45, 2.75) is 37.9 Å². The normalized spacial score (nSPS) is 20.3. The molecule has 3 heterocycles. The minimum atomic E-state index is -0.992. The number of esters is 1. The molecule has 0 bridgehead atoms. The van der Waals surface area contributed by atoms with Crippen molar-refractivity contribution in [3.05, 3.63) is 48.3 Å². The molecule has 1 N–H and O–H groups in total. The molecule has 144 valence electrons. The molecule has 0 radical (unpaired) electrons. The van der Waals surface area contributed by atoms with Crippen LogP contribution >= 0.6 is 11.8 Å². The minimum absolute atomic E-state index is 0.202. The summed E-state index contributed by atoms with van der Waals surface area (Å²) < 4.78 is 15.8. The van der Waals surface area contributed by atoms with Gasteiger partial charge in [-0.2, -0.15) is 0 Å². The van der Waals surface area contributed by atoms with Crippen molar-refractivity contribution in [1.82, 2.24) is 10.2 Å². The summed E-state index contributed by atoms with van der Waals surface area (Å²) in [5, 5.41) is 2.24. The summed E-state index contributed by atoms with van der Waals surface area (Å²) >= 11 is 1.41. The second-order valence-corrected chi connectivity index (χ2v) is 7.13. The molecule has 2 amide bonds. The molecule has 0 spiro atoms. The van der Waals surface area contributed by atoms with Gasteiger partial charge in [-0.3, -0.25) is 9.59 Å². The van der Waals surface area contributed by atoms with Crippen LogP contribution in [0.5, 0.6) is 0 Å². The van der Waals surface area contributed by atoms with Gasteiger partial charge in [0.15, 0.2) is 6.10 Å². The van der Waals surface area contributed by atoms with Gasteiger partial charge in [0, 0.05) is 12.7 Å². The summed E-state index contributed by atoms with van der Waals surface area (Å²) in [4.78, 5) is 38.2. The van der Waals surface area contributed by atoms with Crippen LogP contribution in [0.2, 0.25) is 0 Å². The number of amides is 2. The van der Waals surface area contributed by atoms with E-state index in [1.54, 1.807) is 24.3 Å². The Morgan fingerprint density at radius 1 is 1.30 bits per heavy atom. The lowest BCUT2D eigenvalue weighted by atomic mass is 10.2. The van der Waals surface area contributed by atoms with Crippen molar-refractivity contribution in [3.8, 4) is 0 Å². The molecule has 1 aliphatic heterocycles. The van der Waals surface area contributed by atoms with Crippen LogP contribution in [0.15, 0.2) is 45.6 Å². The van der Waals surface area contributed by atoms with Crippen molar-refractivity contribution in [2.75, 3.05) is 5.75 Å². The van der Waals surface area contributed by atoms with Crippen molar-refractivity contribution < 1.29 is 28.0 Å². The molecule has 0 unspecified atom stereocenters. The highest BCUT2D eigenvalue weighted by Crippen LogP contribution is 2.41. The zero-order chi connectivity index (χ0) is 19.4. The SMILES string of the molecule is CC(=O)N1[C@@H](C(=O)O[C@@H](C)C(=O)NCc2ccco2)CS[C@@H]1c1ccco1. The second kappa shape index (κ2) is 8.34. The van der Waals surface area contributed by atoms with E-state index in [1.165, 1.54) is 43.0 Å². The van der Waals surface area contributed by atoms with E-state index in [0.717, 1.165) is 0 Å². The van der Waals surface area contributed by atoms with Gasteiger partial charge in [-0.05, 0) is 31.2 Å². The summed E-state index contributed by atoms with van der Waals surface area (Å²) in [5.41, 5.74) is 0. The summed E-state index contributed by atoms with van der Waals surface area (Å²) in [6.45, 7) is 3.08. The molecule has 27 heavy (non-hydrogen) atoms. The molecule has 2 aromatic heterocycles. The Hall–Kier alpha value is -2.68. The minimum Gasteiger partial charge on any atom is -0.467 e. The highest BCUT2D eigenvalue weighted by molar-refractivity contribution is 7.99. The first kappa shape index (κ1) is 19.1. The third-order valence-electron chi connectivity index (χ3n) is 4.10. The maximum atomic E-state index is 12.6. The zero-order valence-corrected chi connectivity index (χ0v) is 15.7. The van der Waals surface area contributed by atoms with Gasteiger partial charge in [-0.15, -0.1) is 11.8 Å². The number of ether oxygens (including phenoxy) is 1. The number of rotatable bonds is 6. The number of hydrogen-bond donors (Lipinski definition) is 1. The molecule has 2 aromatic rings. The van der Waals surface area contributed by atoms with Crippen molar-refractivity contribution in [2.24, 2.45) is 0 Å². The van der Waals surface area contributed by atoms with E-state index in [2.05, 4.69) is 5.32 Å². The molecule has 1 fully saturated rings. The van der Waals surface area contributed by atoms with Crippen LogP contribution in [0.3, 0.4) is 0 Å². The highest BCUT2D eigenvalue weighted by Gasteiger charge is 2.43. The Labute approximate surface area is 160 Å². The first-order chi connectivity index (χ1) is 13.0. The van der Waals surface area contributed by atoms with Gasteiger partial charge in [-0.25, -0.2) is 4.79 Å². The molecular weight excluding hydrogens is 372 g/mol. The summed E-state index contributed by atoms with van der Waals surface area (Å²) in [6.07, 6.45) is 2.04. The fourth-order valence-electron chi connectivity index (χ4n) is 2.76. The third-order valence-corrected chi connectivity index (χ3v) is 5.39. The van der Waals surface area contributed by atoms with Gasteiger partial charge in [0.1, 0.15) is 22.9 Å². The molecule has 8 nitrogen and oxygen atoms in total. The van der Waals surface area contributed by atoms with Crippen LogP contribution in [0.25, 0.3) is 0 Å². The van der Waals surface area contributed by atoms with E-state index in [0.29, 0.717) is 17.3 Å². The van der Waals surface area contributed by atoms with Gasteiger partial charge in [-0.1, -0.05) is 0 Å². The van der Waals surface area contributed by atoms with E-state index in [9.17, 15) is 14.4 Å². The predicted molar refractivity (Wildman–Crippen MR) is 96.3 cm³/mol. The number of hydrogen-bond acceptors (Lipinski definition) is 7. The lowest BCUT2D eigenvalue weighted by molar-refractivity contribution is -0.161. The largest absolute Gasteiger partial charge is 0.467 e. The maximum Gasteiger partial charge on any atom is 0.330 e. The molecule has 3 atom stereocenters. The molecule has 1 saturated heterocycles. The number of carbonyl (C=O) groups is 3. The van der Waals surface area contributed by atoms with Crippen LogP contribution in [0.4, 0.5) is 0 Å². The van der Waals surface area contributed by atoms with E-state index >= 15 is 0 Å². The molecular formula is C18H20N2O6S. The monoisotopic (exact) mass is 392 g/mol. The molecule has 1 aliphatic rings. The van der Waals surface area contributed by atoms with Gasteiger partial charge < -0.3 is 23.8 Å². The first-order valence-corrected chi connectivity index (χ1v) is 9.46. The summed E-state index contributed by atoms with van der Waals surface area (Å²) in [5.74, 6) is 0.228. The van der Waals surface area contributed by atoms with E-state index in [4.69, 9.17) is 13.6 Å². The summed E-state index contributed by atoms with van der Waals surface area (Å²) in [7, 11) is 0. The molecule has 0 saturated carbocycles. The van der Waals surface area contributed by atoms with Crippen LogP contribution < -0.4 is 5.32 Å². The fourth-order valence-corrected chi connectivity index (χ4v) is 4.18. The number of nitrogens with zero attached hydrogens (tertiary/aromatic N) is 1. The first-order valence-electron chi connectivity index (χ1n) is 8.42. The standard InChI is InChI=1S/C18H20N2O6S/c1-11(16(22)19-9-13-5-3-7-24-13)26-18(23)14-10-27-17(20(14)12(2)21)15-6-4-8-25-15/h3-8,11,14,17H,9-10H2,1-2H3,(H,19,22)/t11-,14+,17+/m0/s1. The van der Waals surface area contributed by atoms with Crippen LogP contribution in [0.1, 0.15) is 30.7 Å². The van der Waals surface area contributed by atoms with E-state index < -0.39 is 29.4 Å². The van der Waals surface area contributed by atoms with Crippen LogP contribution in [-0.4, -0.2) is 40.6 Å². The average molecular weight is 392 g/mol. The topological polar surface area (TPSA) is 102 Å². The Kier molecular flexibility index (Phi) is 5.90. The quantitative estimate of drug-likeness (QED) is 0.751. The second-order valence-electron chi connectivity index (χ2n) is 6.02. The van der Waals surface area contributed by atoms with Crippen molar-refractivity contribution >= 4 is 29.5 Å². The average Bonchev–Trinajstić information content (AvgIpc) is 3.39. The third kappa shape index (κ3) is 4.36. The lowest BCUT2D eigenvalue weighted by Crippen LogP contribution is -2.45. The van der Waals surface area contributed by atoms with E-state index in [-0.39, 0.29) is 12.5 Å². The van der Waals surface area contributed by atoms with Crippen LogP contribution in [0, 0.1) is 0 Å². The maximum absolute atomic E-state index is 12.6. The number of nitrogens with one attached hydrogen (secondary N) is 1. The zero-order valence-electron chi connectivity index (χ0n) is 14.9. The summed E-state index contributed by atoms with van der Waals surface area (Å²) in [6, 6.07) is 6.15. The predicted octanol–water partition coefficient (Wildman–Crippen LogP) is 2.08. The smallest absolute Gasteiger partial charge is 0.330 e. The number of furan rings is 2. The van der Waals surface area contributed by atoms with Gasteiger partial charge in [0.2, 0.25) is 5.91 Å².